The molecule has 0 aliphatic heterocycles. The summed E-state index contributed by atoms with van der Waals surface area (Å²) in [4.78, 5) is 23.6. The lowest BCUT2D eigenvalue weighted by molar-refractivity contribution is -0.145. The van der Waals surface area contributed by atoms with Crippen molar-refractivity contribution in [3.63, 3.8) is 0 Å². The molecule has 0 saturated carbocycles. The maximum atomic E-state index is 11.9. The summed E-state index contributed by atoms with van der Waals surface area (Å²) in [5.74, 6) is 0.506. The Morgan fingerprint density at radius 2 is 1.26 bits per heavy atom. The van der Waals surface area contributed by atoms with Gasteiger partial charge in [0.2, 0.25) is 0 Å². The fourth-order valence-corrected chi connectivity index (χ4v) is 3.44. The maximum Gasteiger partial charge on any atom is 0.306 e. The average molecular weight is 435 g/mol. The zero-order chi connectivity index (χ0) is 22.6. The molecule has 0 aliphatic carbocycles. The lowest BCUT2D eigenvalue weighted by Crippen LogP contribution is -2.05. The van der Waals surface area contributed by atoms with Gasteiger partial charge in [-0.1, -0.05) is 82.9 Å². The van der Waals surface area contributed by atoms with Gasteiger partial charge in [-0.25, -0.2) is 0 Å². The molecule has 0 radical (unpaired) electrons. The van der Waals surface area contributed by atoms with Gasteiger partial charge in [-0.2, -0.15) is 0 Å². The van der Waals surface area contributed by atoms with E-state index in [1.54, 1.807) is 7.11 Å². The van der Waals surface area contributed by atoms with E-state index in [-0.39, 0.29) is 18.5 Å². The number of esters is 2. The summed E-state index contributed by atoms with van der Waals surface area (Å²) < 4.78 is 15.9. The van der Waals surface area contributed by atoms with Crippen LogP contribution in [-0.2, 0) is 25.7 Å². The van der Waals surface area contributed by atoms with Crippen molar-refractivity contribution in [1.29, 1.82) is 0 Å². The standard InChI is InChI=1S/C26H42O5/c1-3-4-5-6-11-16-21-30-25(27)19-12-9-7-8-10-13-20-26(28)31-22-23-17-14-15-18-24(23)29-2/h14-15,17-18H,3-13,16,19-22H2,1-2H3. The van der Waals surface area contributed by atoms with Crippen molar-refractivity contribution in [2.24, 2.45) is 0 Å². The summed E-state index contributed by atoms with van der Waals surface area (Å²) in [6, 6.07) is 7.56. The molecule has 1 aromatic rings. The Hall–Kier alpha value is -2.04. The molecular weight excluding hydrogens is 392 g/mol. The minimum atomic E-state index is -0.168. The van der Waals surface area contributed by atoms with Crippen molar-refractivity contribution in [2.75, 3.05) is 13.7 Å². The highest BCUT2D eigenvalue weighted by Gasteiger charge is 2.07. The van der Waals surface area contributed by atoms with Crippen LogP contribution in [0.3, 0.4) is 0 Å². The smallest absolute Gasteiger partial charge is 0.306 e. The van der Waals surface area contributed by atoms with Crippen LogP contribution in [0.15, 0.2) is 24.3 Å². The van der Waals surface area contributed by atoms with Crippen molar-refractivity contribution in [3.8, 4) is 5.75 Å². The SMILES string of the molecule is CCCCCCCCOC(=O)CCCCCCCCC(=O)OCc1ccccc1OC. The Bertz CT molecular complexity index is 599. The summed E-state index contributed by atoms with van der Waals surface area (Å²) in [5.41, 5.74) is 0.879. The first-order chi connectivity index (χ1) is 15.2. The number of ether oxygens (including phenoxy) is 3. The molecule has 176 valence electrons. The molecular formula is C26H42O5. The minimum Gasteiger partial charge on any atom is -0.496 e. The molecule has 0 saturated heterocycles. The largest absolute Gasteiger partial charge is 0.496 e. The molecule has 1 rings (SSSR count). The Balaban J connectivity index is 1.90. The van der Waals surface area contributed by atoms with Crippen LogP contribution in [0, 0.1) is 0 Å². The molecule has 0 heterocycles. The number of rotatable bonds is 19. The molecule has 0 atom stereocenters. The number of unbranched alkanes of at least 4 members (excludes halogenated alkanes) is 10. The van der Waals surface area contributed by atoms with Gasteiger partial charge in [0.15, 0.2) is 0 Å². The van der Waals surface area contributed by atoms with Crippen LogP contribution in [0.2, 0.25) is 0 Å². The summed E-state index contributed by atoms with van der Waals surface area (Å²) in [7, 11) is 1.61. The third-order valence-electron chi connectivity index (χ3n) is 5.35. The van der Waals surface area contributed by atoms with E-state index in [1.807, 2.05) is 24.3 Å². The summed E-state index contributed by atoms with van der Waals surface area (Å²) in [5, 5.41) is 0. The lowest BCUT2D eigenvalue weighted by atomic mass is 10.1. The van der Waals surface area contributed by atoms with Gasteiger partial charge in [0.25, 0.3) is 0 Å². The van der Waals surface area contributed by atoms with Crippen LogP contribution in [0.1, 0.15) is 102 Å². The second kappa shape index (κ2) is 18.7. The molecule has 0 unspecified atom stereocenters. The van der Waals surface area contributed by atoms with E-state index < -0.39 is 0 Å². The van der Waals surface area contributed by atoms with Crippen LogP contribution in [0.5, 0.6) is 5.75 Å². The molecule has 1 aromatic carbocycles. The van der Waals surface area contributed by atoms with Gasteiger partial charge in [-0.05, 0) is 25.3 Å². The third kappa shape index (κ3) is 14.6. The van der Waals surface area contributed by atoms with Gasteiger partial charge in [0.05, 0.1) is 13.7 Å². The summed E-state index contributed by atoms with van der Waals surface area (Å²) in [6.07, 6.45) is 14.1. The van der Waals surface area contributed by atoms with E-state index >= 15 is 0 Å². The number of methoxy groups -OCH3 is 1. The minimum absolute atomic E-state index is 0.0636. The van der Waals surface area contributed by atoms with E-state index in [2.05, 4.69) is 6.92 Å². The highest BCUT2D eigenvalue weighted by molar-refractivity contribution is 5.69. The van der Waals surface area contributed by atoms with E-state index in [1.165, 1.54) is 25.7 Å². The second-order valence-corrected chi connectivity index (χ2v) is 8.08. The Kier molecular flexibility index (Phi) is 16.3. The molecule has 0 bridgehead atoms. The second-order valence-electron chi connectivity index (χ2n) is 8.08. The summed E-state index contributed by atoms with van der Waals surface area (Å²) in [6.45, 7) is 3.03. The molecule has 0 aromatic heterocycles. The normalized spacial score (nSPS) is 10.6. The Morgan fingerprint density at radius 1 is 0.710 bits per heavy atom. The monoisotopic (exact) mass is 434 g/mol. The third-order valence-corrected chi connectivity index (χ3v) is 5.35. The number of benzene rings is 1. The van der Waals surface area contributed by atoms with Crippen LogP contribution < -0.4 is 4.74 Å². The molecule has 0 spiro atoms. The van der Waals surface area contributed by atoms with E-state index in [0.29, 0.717) is 19.4 Å². The van der Waals surface area contributed by atoms with E-state index in [9.17, 15) is 9.59 Å². The Labute approximate surface area is 188 Å². The molecule has 31 heavy (non-hydrogen) atoms. The quantitative estimate of drug-likeness (QED) is 0.178. The molecule has 0 aliphatic rings. The lowest BCUT2D eigenvalue weighted by Gasteiger charge is -2.09. The van der Waals surface area contributed by atoms with Crippen LogP contribution in [0.4, 0.5) is 0 Å². The first-order valence-electron chi connectivity index (χ1n) is 12.1. The van der Waals surface area contributed by atoms with Crippen LogP contribution in [-0.4, -0.2) is 25.7 Å². The average Bonchev–Trinajstić information content (AvgIpc) is 2.79. The van der Waals surface area contributed by atoms with Gasteiger partial charge < -0.3 is 14.2 Å². The van der Waals surface area contributed by atoms with E-state index in [4.69, 9.17) is 14.2 Å². The van der Waals surface area contributed by atoms with E-state index in [0.717, 1.165) is 62.7 Å². The zero-order valence-electron chi connectivity index (χ0n) is 19.7. The predicted octanol–water partition coefficient (Wildman–Crippen LogP) is 6.76. The number of hydrogen-bond donors (Lipinski definition) is 0. The maximum absolute atomic E-state index is 11.9. The summed E-state index contributed by atoms with van der Waals surface area (Å²) >= 11 is 0. The van der Waals surface area contributed by atoms with Crippen molar-refractivity contribution in [1.82, 2.24) is 0 Å². The molecule has 5 heteroatoms. The van der Waals surface area contributed by atoms with Crippen molar-refractivity contribution in [3.05, 3.63) is 29.8 Å². The highest BCUT2D eigenvalue weighted by Crippen LogP contribution is 2.18. The topological polar surface area (TPSA) is 61.8 Å². The molecule has 5 nitrogen and oxygen atoms in total. The predicted molar refractivity (Wildman–Crippen MR) is 124 cm³/mol. The first-order valence-corrected chi connectivity index (χ1v) is 12.1. The number of carbonyl (C=O) groups is 2. The van der Waals surface area contributed by atoms with Gasteiger partial charge >= 0.3 is 11.9 Å². The van der Waals surface area contributed by atoms with Gasteiger partial charge in [0, 0.05) is 18.4 Å². The van der Waals surface area contributed by atoms with Crippen molar-refractivity contribution < 1.29 is 23.8 Å². The molecule has 0 fully saturated rings. The molecule has 0 amide bonds. The number of para-hydroxylation sites is 1. The number of carbonyl (C=O) groups excluding carboxylic acids is 2. The van der Waals surface area contributed by atoms with Gasteiger partial charge in [-0.3, -0.25) is 9.59 Å². The fraction of sp³-hybridized carbons (Fsp3) is 0.692. The van der Waals surface area contributed by atoms with Crippen LogP contribution in [0.25, 0.3) is 0 Å². The fourth-order valence-electron chi connectivity index (χ4n) is 3.44. The molecule has 0 N–H and O–H groups in total. The number of hydrogen-bond acceptors (Lipinski definition) is 5. The van der Waals surface area contributed by atoms with Crippen molar-refractivity contribution in [2.45, 2.75) is 103 Å². The van der Waals surface area contributed by atoms with Gasteiger partial charge in [-0.15, -0.1) is 0 Å². The zero-order valence-corrected chi connectivity index (χ0v) is 19.7. The first kappa shape index (κ1) is 27.0. The Morgan fingerprint density at radius 3 is 1.90 bits per heavy atom. The van der Waals surface area contributed by atoms with Gasteiger partial charge in [0.1, 0.15) is 12.4 Å². The van der Waals surface area contributed by atoms with Crippen molar-refractivity contribution >= 4 is 11.9 Å². The highest BCUT2D eigenvalue weighted by atomic mass is 16.5. The van der Waals surface area contributed by atoms with Crippen LogP contribution >= 0.6 is 0 Å².